The standard InChI is InChI=1S/C9H21N.HI/c1-7(2)10(8(3)4)9(5)6;/h7-9H,1-6H3;1H. The molecule has 0 N–H and O–H groups in total. The van der Waals surface area contributed by atoms with Crippen LogP contribution in [0.4, 0.5) is 0 Å². The van der Waals surface area contributed by atoms with Gasteiger partial charge in [-0.2, -0.15) is 0 Å². The molecule has 0 aromatic carbocycles. The molecule has 0 aliphatic heterocycles. The smallest absolute Gasteiger partial charge is 0.00439 e. The molecule has 0 bridgehead atoms. The average molecular weight is 271 g/mol. The van der Waals surface area contributed by atoms with Gasteiger partial charge in [0.15, 0.2) is 0 Å². The Morgan fingerprint density at radius 3 is 0.818 bits per heavy atom. The van der Waals surface area contributed by atoms with Crippen LogP contribution >= 0.6 is 24.0 Å². The van der Waals surface area contributed by atoms with Gasteiger partial charge in [0, 0.05) is 18.1 Å². The van der Waals surface area contributed by atoms with Crippen molar-refractivity contribution in [3.8, 4) is 0 Å². The van der Waals surface area contributed by atoms with Gasteiger partial charge in [0.25, 0.3) is 0 Å². The van der Waals surface area contributed by atoms with E-state index in [9.17, 15) is 0 Å². The molecule has 0 spiro atoms. The van der Waals surface area contributed by atoms with Gasteiger partial charge in [-0.15, -0.1) is 24.0 Å². The highest BCUT2D eigenvalue weighted by atomic mass is 127. The highest BCUT2D eigenvalue weighted by Crippen LogP contribution is 2.08. The molecule has 0 aliphatic rings. The van der Waals surface area contributed by atoms with Gasteiger partial charge in [-0.3, -0.25) is 4.90 Å². The van der Waals surface area contributed by atoms with Gasteiger partial charge in [0.1, 0.15) is 0 Å². The molecule has 0 fully saturated rings. The van der Waals surface area contributed by atoms with Crippen molar-refractivity contribution < 1.29 is 0 Å². The minimum Gasteiger partial charge on any atom is -0.296 e. The Kier molecular flexibility index (Phi) is 8.06. The van der Waals surface area contributed by atoms with Gasteiger partial charge < -0.3 is 0 Å². The van der Waals surface area contributed by atoms with E-state index >= 15 is 0 Å². The van der Waals surface area contributed by atoms with Crippen LogP contribution in [0.5, 0.6) is 0 Å². The van der Waals surface area contributed by atoms with Crippen LogP contribution in [0.2, 0.25) is 0 Å². The quantitative estimate of drug-likeness (QED) is 0.713. The zero-order chi connectivity index (χ0) is 8.31. The highest BCUT2D eigenvalue weighted by Gasteiger charge is 2.15. The number of hydrogen-bond donors (Lipinski definition) is 0. The normalized spacial score (nSPS) is 11.5. The molecule has 1 nitrogen and oxygen atoms in total. The SMILES string of the molecule is CC(C)N(C(C)C)C(C)C.I. The van der Waals surface area contributed by atoms with Crippen molar-refractivity contribution in [2.75, 3.05) is 0 Å². The van der Waals surface area contributed by atoms with Gasteiger partial charge in [-0.1, -0.05) is 0 Å². The summed E-state index contributed by atoms with van der Waals surface area (Å²) < 4.78 is 0. The molecule has 2 heteroatoms. The first-order valence-corrected chi connectivity index (χ1v) is 4.24. The van der Waals surface area contributed by atoms with Crippen LogP contribution in [0, 0.1) is 0 Å². The first kappa shape index (κ1) is 14.2. The van der Waals surface area contributed by atoms with Crippen molar-refractivity contribution >= 4 is 24.0 Å². The molecule has 11 heavy (non-hydrogen) atoms. The Bertz CT molecular complexity index is 70.5. The Morgan fingerprint density at radius 2 is 0.818 bits per heavy atom. The van der Waals surface area contributed by atoms with Crippen molar-refractivity contribution in [1.82, 2.24) is 4.90 Å². The van der Waals surface area contributed by atoms with E-state index < -0.39 is 0 Å². The van der Waals surface area contributed by atoms with E-state index in [1.165, 1.54) is 0 Å². The Morgan fingerprint density at radius 1 is 0.636 bits per heavy atom. The lowest BCUT2D eigenvalue weighted by atomic mass is 10.2. The first-order chi connectivity index (χ1) is 4.46. The van der Waals surface area contributed by atoms with E-state index in [0.29, 0.717) is 18.1 Å². The second-order valence-electron chi connectivity index (χ2n) is 3.73. The number of rotatable bonds is 3. The van der Waals surface area contributed by atoms with Crippen molar-refractivity contribution in [1.29, 1.82) is 0 Å². The molecule has 0 atom stereocenters. The second kappa shape index (κ2) is 6.23. The molecule has 0 unspecified atom stereocenters. The van der Waals surface area contributed by atoms with Crippen molar-refractivity contribution in [2.24, 2.45) is 0 Å². The highest BCUT2D eigenvalue weighted by molar-refractivity contribution is 14.0. The minimum absolute atomic E-state index is 0. The molecule has 0 aromatic rings. The summed E-state index contributed by atoms with van der Waals surface area (Å²) in [5.74, 6) is 0. The maximum absolute atomic E-state index is 2.50. The monoisotopic (exact) mass is 271 g/mol. The zero-order valence-electron chi connectivity index (χ0n) is 8.59. The third-order valence-electron chi connectivity index (χ3n) is 1.79. The van der Waals surface area contributed by atoms with E-state index in [2.05, 4.69) is 46.4 Å². The number of nitrogens with zero attached hydrogens (tertiary/aromatic N) is 1. The third kappa shape index (κ3) is 5.01. The Labute approximate surface area is 88.6 Å². The van der Waals surface area contributed by atoms with E-state index in [4.69, 9.17) is 0 Å². The summed E-state index contributed by atoms with van der Waals surface area (Å²) >= 11 is 0. The molecular weight excluding hydrogens is 249 g/mol. The van der Waals surface area contributed by atoms with Crippen LogP contribution < -0.4 is 0 Å². The van der Waals surface area contributed by atoms with Crippen LogP contribution in [-0.4, -0.2) is 23.0 Å². The lowest BCUT2D eigenvalue weighted by Gasteiger charge is -2.34. The fourth-order valence-electron chi connectivity index (χ4n) is 1.79. The number of halogens is 1. The summed E-state index contributed by atoms with van der Waals surface area (Å²) in [4.78, 5) is 2.50. The van der Waals surface area contributed by atoms with Crippen LogP contribution in [0.3, 0.4) is 0 Å². The van der Waals surface area contributed by atoms with Crippen molar-refractivity contribution in [2.45, 2.75) is 59.7 Å². The maximum Gasteiger partial charge on any atom is 0.00439 e. The van der Waals surface area contributed by atoms with Gasteiger partial charge in [-0.25, -0.2) is 0 Å². The second-order valence-corrected chi connectivity index (χ2v) is 3.73. The molecule has 0 saturated heterocycles. The van der Waals surface area contributed by atoms with Crippen LogP contribution in [0.15, 0.2) is 0 Å². The lowest BCUT2D eigenvalue weighted by molar-refractivity contribution is 0.133. The molecule has 0 radical (unpaired) electrons. The van der Waals surface area contributed by atoms with Gasteiger partial charge in [0.05, 0.1) is 0 Å². The molecular formula is C9H22IN. The summed E-state index contributed by atoms with van der Waals surface area (Å²) in [6, 6.07) is 2.00. The summed E-state index contributed by atoms with van der Waals surface area (Å²) in [5, 5.41) is 0. The first-order valence-electron chi connectivity index (χ1n) is 4.24. The van der Waals surface area contributed by atoms with Crippen LogP contribution in [-0.2, 0) is 0 Å². The molecule has 0 heterocycles. The fraction of sp³-hybridized carbons (Fsp3) is 1.00. The van der Waals surface area contributed by atoms with Gasteiger partial charge >= 0.3 is 0 Å². The molecule has 70 valence electrons. The minimum atomic E-state index is 0. The van der Waals surface area contributed by atoms with Crippen molar-refractivity contribution in [3.05, 3.63) is 0 Å². The fourth-order valence-corrected chi connectivity index (χ4v) is 1.79. The molecule has 0 aliphatic carbocycles. The zero-order valence-corrected chi connectivity index (χ0v) is 10.9. The predicted octanol–water partition coefficient (Wildman–Crippen LogP) is 3.13. The van der Waals surface area contributed by atoms with E-state index in [1.54, 1.807) is 0 Å². The summed E-state index contributed by atoms with van der Waals surface area (Å²) in [6.45, 7) is 13.5. The molecule has 0 saturated carbocycles. The molecule has 0 aromatic heterocycles. The van der Waals surface area contributed by atoms with Gasteiger partial charge in [-0.05, 0) is 41.5 Å². The summed E-state index contributed by atoms with van der Waals surface area (Å²) in [5.41, 5.74) is 0. The van der Waals surface area contributed by atoms with E-state index in [-0.39, 0.29) is 24.0 Å². The summed E-state index contributed by atoms with van der Waals surface area (Å²) in [6.07, 6.45) is 0. The topological polar surface area (TPSA) is 3.24 Å². The molecule has 0 rings (SSSR count). The van der Waals surface area contributed by atoms with E-state index in [1.807, 2.05) is 0 Å². The lowest BCUT2D eigenvalue weighted by Crippen LogP contribution is -2.42. The van der Waals surface area contributed by atoms with Crippen LogP contribution in [0.25, 0.3) is 0 Å². The van der Waals surface area contributed by atoms with E-state index in [0.717, 1.165) is 0 Å². The summed E-state index contributed by atoms with van der Waals surface area (Å²) in [7, 11) is 0. The van der Waals surface area contributed by atoms with Crippen LogP contribution in [0.1, 0.15) is 41.5 Å². The average Bonchev–Trinajstić information content (AvgIpc) is 1.59. The maximum atomic E-state index is 2.50. The Balaban J connectivity index is 0. The van der Waals surface area contributed by atoms with Gasteiger partial charge in [0.2, 0.25) is 0 Å². The predicted molar refractivity (Wildman–Crippen MR) is 62.7 cm³/mol. The third-order valence-corrected chi connectivity index (χ3v) is 1.79. The Hall–Kier alpha value is 0.690. The molecule has 0 amide bonds. The number of hydrogen-bond acceptors (Lipinski definition) is 1. The largest absolute Gasteiger partial charge is 0.296 e. The van der Waals surface area contributed by atoms with Crippen molar-refractivity contribution in [3.63, 3.8) is 0 Å².